The van der Waals surface area contributed by atoms with Crippen LogP contribution in [0.25, 0.3) is 10.9 Å². The maximum Gasteiger partial charge on any atom is 0.253 e. The van der Waals surface area contributed by atoms with E-state index in [2.05, 4.69) is 16.7 Å². The van der Waals surface area contributed by atoms with Crippen molar-refractivity contribution in [2.24, 2.45) is 0 Å². The molecule has 3 aromatic rings. The largest absolute Gasteiger partial charge is 0.493 e. The van der Waals surface area contributed by atoms with Crippen molar-refractivity contribution in [2.45, 2.75) is 32.6 Å². The third-order valence-corrected chi connectivity index (χ3v) is 6.98. The molecule has 2 aromatic carbocycles. The summed E-state index contributed by atoms with van der Waals surface area (Å²) in [5, 5.41) is 0.945. The lowest BCUT2D eigenvalue weighted by Crippen LogP contribution is -2.49. The number of rotatable bonds is 8. The van der Waals surface area contributed by atoms with Gasteiger partial charge in [0.15, 0.2) is 11.5 Å². The average Bonchev–Trinajstić information content (AvgIpc) is 3.48. The van der Waals surface area contributed by atoms with Crippen molar-refractivity contribution in [2.75, 3.05) is 62.8 Å². The van der Waals surface area contributed by atoms with Gasteiger partial charge in [0.2, 0.25) is 5.95 Å². The quantitative estimate of drug-likeness (QED) is 0.435. The summed E-state index contributed by atoms with van der Waals surface area (Å²) >= 11 is 0. The van der Waals surface area contributed by atoms with Gasteiger partial charge in [-0.25, -0.2) is 4.98 Å². The number of hydrogen-bond acceptors (Lipinski definition) is 7. The van der Waals surface area contributed by atoms with E-state index in [9.17, 15) is 4.79 Å². The predicted molar refractivity (Wildman–Crippen MR) is 142 cm³/mol. The van der Waals surface area contributed by atoms with Crippen LogP contribution in [-0.4, -0.2) is 73.8 Å². The highest BCUT2D eigenvalue weighted by atomic mass is 16.5. The summed E-state index contributed by atoms with van der Waals surface area (Å²) in [6.45, 7) is 7.45. The molecule has 36 heavy (non-hydrogen) atoms. The summed E-state index contributed by atoms with van der Waals surface area (Å²) in [6.07, 6.45) is 4.37. The smallest absolute Gasteiger partial charge is 0.253 e. The summed E-state index contributed by atoms with van der Waals surface area (Å²) in [7, 11) is 1.67. The van der Waals surface area contributed by atoms with Crippen LogP contribution in [0.1, 0.15) is 43.0 Å². The molecule has 5 rings (SSSR count). The highest BCUT2D eigenvalue weighted by Crippen LogP contribution is 2.37. The van der Waals surface area contributed by atoms with Crippen molar-refractivity contribution in [1.29, 1.82) is 0 Å². The Morgan fingerprint density at radius 1 is 0.917 bits per heavy atom. The van der Waals surface area contributed by atoms with Crippen molar-refractivity contribution >= 4 is 28.6 Å². The Balaban J connectivity index is 1.45. The van der Waals surface area contributed by atoms with Gasteiger partial charge >= 0.3 is 0 Å². The van der Waals surface area contributed by atoms with E-state index in [0.717, 1.165) is 67.0 Å². The van der Waals surface area contributed by atoms with Gasteiger partial charge in [-0.05, 0) is 37.5 Å². The van der Waals surface area contributed by atoms with Gasteiger partial charge in [-0.15, -0.1) is 0 Å². The fourth-order valence-corrected chi connectivity index (χ4v) is 4.89. The molecule has 8 nitrogen and oxygen atoms in total. The van der Waals surface area contributed by atoms with Gasteiger partial charge in [-0.1, -0.05) is 31.5 Å². The molecule has 0 saturated carbocycles. The molecule has 2 aliphatic rings. The molecule has 2 saturated heterocycles. The van der Waals surface area contributed by atoms with Crippen molar-refractivity contribution in [3.8, 4) is 11.5 Å². The van der Waals surface area contributed by atoms with Gasteiger partial charge in [-0.3, -0.25) is 4.79 Å². The molecule has 0 radical (unpaired) electrons. The maximum atomic E-state index is 13.0. The molecule has 3 heterocycles. The molecular weight excluding hydrogens is 454 g/mol. The minimum atomic E-state index is 0.0797. The van der Waals surface area contributed by atoms with Gasteiger partial charge in [0.05, 0.1) is 19.2 Å². The number of fused-ring (bicyclic) bond motifs is 1. The first kappa shape index (κ1) is 24.2. The number of nitrogens with zero attached hydrogens (tertiary/aromatic N) is 5. The highest BCUT2D eigenvalue weighted by Gasteiger charge is 2.26. The van der Waals surface area contributed by atoms with E-state index < -0.39 is 0 Å². The second-order valence-electron chi connectivity index (χ2n) is 9.41. The standard InChI is InChI=1S/C28H35N5O3/c1-3-4-18-36-25-20-23-22(19-24(25)35-2)26(30-28(29-23)33-12-8-9-13-33)31-14-16-32(17-15-31)27(34)21-10-6-5-7-11-21/h5-7,10-11,19-20H,3-4,8-9,12-18H2,1-2H3. The second kappa shape index (κ2) is 11.0. The van der Waals surface area contributed by atoms with Crippen molar-refractivity contribution in [1.82, 2.24) is 14.9 Å². The number of carbonyl (C=O) groups is 1. The topological polar surface area (TPSA) is 71.0 Å². The molecule has 0 bridgehead atoms. The van der Waals surface area contributed by atoms with Crippen LogP contribution < -0.4 is 19.3 Å². The molecular formula is C28H35N5O3. The molecule has 0 aliphatic carbocycles. The van der Waals surface area contributed by atoms with E-state index >= 15 is 0 Å². The number of benzene rings is 2. The minimum Gasteiger partial charge on any atom is -0.493 e. The average molecular weight is 490 g/mol. The molecule has 0 spiro atoms. The van der Waals surface area contributed by atoms with Crippen molar-refractivity contribution in [3.05, 3.63) is 48.0 Å². The Labute approximate surface area is 212 Å². The third-order valence-electron chi connectivity index (χ3n) is 6.98. The Hall–Kier alpha value is -3.55. The van der Waals surface area contributed by atoms with Gasteiger partial charge in [0, 0.05) is 56.3 Å². The number of piperazine rings is 1. The van der Waals surface area contributed by atoms with Crippen LogP contribution in [0.5, 0.6) is 11.5 Å². The van der Waals surface area contributed by atoms with E-state index in [1.165, 1.54) is 0 Å². The summed E-state index contributed by atoms with van der Waals surface area (Å²) in [6, 6.07) is 13.5. The molecule has 0 N–H and O–H groups in total. The normalized spacial score (nSPS) is 16.0. The summed E-state index contributed by atoms with van der Waals surface area (Å²) in [5.41, 5.74) is 1.59. The van der Waals surface area contributed by atoms with Crippen LogP contribution >= 0.6 is 0 Å². The summed E-state index contributed by atoms with van der Waals surface area (Å²) in [5.74, 6) is 3.15. The maximum absolute atomic E-state index is 13.0. The summed E-state index contributed by atoms with van der Waals surface area (Å²) < 4.78 is 11.7. The number of unbranched alkanes of at least 4 members (excludes halogenated alkanes) is 1. The molecule has 2 fully saturated rings. The van der Waals surface area contributed by atoms with Crippen LogP contribution in [0.2, 0.25) is 0 Å². The monoisotopic (exact) mass is 489 g/mol. The first-order chi connectivity index (χ1) is 17.7. The molecule has 2 aliphatic heterocycles. The van der Waals surface area contributed by atoms with Gasteiger partial charge in [-0.2, -0.15) is 4.98 Å². The zero-order chi connectivity index (χ0) is 24.9. The first-order valence-corrected chi connectivity index (χ1v) is 13.0. The second-order valence-corrected chi connectivity index (χ2v) is 9.41. The van der Waals surface area contributed by atoms with Crippen molar-refractivity contribution < 1.29 is 14.3 Å². The van der Waals surface area contributed by atoms with Gasteiger partial charge in [0.25, 0.3) is 5.91 Å². The number of anilines is 2. The molecule has 190 valence electrons. The Kier molecular flexibility index (Phi) is 7.39. The molecule has 1 aromatic heterocycles. The zero-order valence-electron chi connectivity index (χ0n) is 21.3. The number of carbonyl (C=O) groups excluding carboxylic acids is 1. The van der Waals surface area contributed by atoms with E-state index in [-0.39, 0.29) is 5.91 Å². The number of hydrogen-bond donors (Lipinski definition) is 0. The van der Waals surface area contributed by atoms with Gasteiger partial charge < -0.3 is 24.2 Å². The van der Waals surface area contributed by atoms with Crippen LogP contribution in [0.4, 0.5) is 11.8 Å². The lowest BCUT2D eigenvalue weighted by Gasteiger charge is -2.36. The summed E-state index contributed by atoms with van der Waals surface area (Å²) in [4.78, 5) is 29.4. The Bertz CT molecular complexity index is 1190. The molecule has 0 unspecified atom stereocenters. The van der Waals surface area contributed by atoms with Crippen LogP contribution in [-0.2, 0) is 0 Å². The Morgan fingerprint density at radius 3 is 2.36 bits per heavy atom. The lowest BCUT2D eigenvalue weighted by atomic mass is 10.1. The van der Waals surface area contributed by atoms with E-state index in [1.807, 2.05) is 47.4 Å². The third kappa shape index (κ3) is 5.03. The molecule has 8 heteroatoms. The van der Waals surface area contributed by atoms with E-state index in [1.54, 1.807) is 7.11 Å². The lowest BCUT2D eigenvalue weighted by molar-refractivity contribution is 0.0746. The number of aromatic nitrogens is 2. The van der Waals surface area contributed by atoms with Crippen LogP contribution in [0.15, 0.2) is 42.5 Å². The van der Waals surface area contributed by atoms with Crippen LogP contribution in [0, 0.1) is 0 Å². The van der Waals surface area contributed by atoms with E-state index in [0.29, 0.717) is 44.3 Å². The fourth-order valence-electron chi connectivity index (χ4n) is 4.89. The Morgan fingerprint density at radius 2 is 1.67 bits per heavy atom. The SMILES string of the molecule is CCCCOc1cc2nc(N3CCCC3)nc(N3CCN(C(=O)c4ccccc4)CC3)c2cc1OC. The molecule has 1 amide bonds. The first-order valence-electron chi connectivity index (χ1n) is 13.0. The predicted octanol–water partition coefficient (Wildman–Crippen LogP) is 4.38. The minimum absolute atomic E-state index is 0.0797. The molecule has 0 atom stereocenters. The highest BCUT2D eigenvalue weighted by molar-refractivity contribution is 5.95. The van der Waals surface area contributed by atoms with Crippen LogP contribution in [0.3, 0.4) is 0 Å². The van der Waals surface area contributed by atoms with Gasteiger partial charge in [0.1, 0.15) is 5.82 Å². The number of methoxy groups -OCH3 is 1. The van der Waals surface area contributed by atoms with E-state index in [4.69, 9.17) is 19.4 Å². The fraction of sp³-hybridized carbons (Fsp3) is 0.464. The zero-order valence-corrected chi connectivity index (χ0v) is 21.3. The number of ether oxygens (including phenoxy) is 2. The van der Waals surface area contributed by atoms with Crippen molar-refractivity contribution in [3.63, 3.8) is 0 Å². The number of amides is 1.